The van der Waals surface area contributed by atoms with Gasteiger partial charge in [-0.25, -0.2) is 9.78 Å². The number of nitro groups is 1. The van der Waals surface area contributed by atoms with Crippen molar-refractivity contribution < 1.29 is 18.9 Å². The van der Waals surface area contributed by atoms with Crippen molar-refractivity contribution in [1.82, 2.24) is 4.98 Å². The van der Waals surface area contributed by atoms with E-state index in [1.54, 1.807) is 13.0 Å². The molecule has 2 rings (SSSR count). The summed E-state index contributed by atoms with van der Waals surface area (Å²) in [6.45, 7) is 2.12. The maximum absolute atomic E-state index is 11.4. The fraction of sp³-hybridized carbons (Fsp3) is 0.231. The van der Waals surface area contributed by atoms with Crippen molar-refractivity contribution in [3.63, 3.8) is 0 Å². The first-order valence-corrected chi connectivity index (χ1v) is 6.21. The second-order valence-electron chi connectivity index (χ2n) is 3.97. The maximum atomic E-state index is 11.4. The van der Waals surface area contributed by atoms with Crippen molar-refractivity contribution in [2.45, 2.75) is 13.5 Å². The second-order valence-corrected chi connectivity index (χ2v) is 3.97. The summed E-state index contributed by atoms with van der Waals surface area (Å²) in [5.41, 5.74) is -0.130. The van der Waals surface area contributed by atoms with Crippen LogP contribution in [-0.4, -0.2) is 22.5 Å². The highest BCUT2D eigenvalue weighted by Crippen LogP contribution is 2.21. The summed E-state index contributed by atoms with van der Waals surface area (Å²) < 4.78 is 10.1. The Morgan fingerprint density at radius 1 is 1.48 bits per heavy atom. The van der Waals surface area contributed by atoms with Crippen LogP contribution in [0.25, 0.3) is 0 Å². The minimum atomic E-state index is -0.549. The van der Waals surface area contributed by atoms with E-state index >= 15 is 0 Å². The van der Waals surface area contributed by atoms with E-state index in [1.165, 1.54) is 24.4 Å². The van der Waals surface area contributed by atoms with E-state index in [9.17, 15) is 14.9 Å². The Hall–Kier alpha value is -2.90. The normalized spacial score (nSPS) is 10.1. The van der Waals surface area contributed by atoms with Crippen LogP contribution in [-0.2, 0) is 11.3 Å². The van der Waals surface area contributed by atoms with Gasteiger partial charge in [-0.05, 0) is 25.1 Å². The van der Waals surface area contributed by atoms with Crippen molar-refractivity contribution >= 4 is 17.5 Å². The number of hydrogen-bond acceptors (Lipinski definition) is 7. The van der Waals surface area contributed by atoms with Gasteiger partial charge in [-0.3, -0.25) is 10.1 Å². The molecule has 8 heteroatoms. The van der Waals surface area contributed by atoms with Gasteiger partial charge in [-0.2, -0.15) is 0 Å². The van der Waals surface area contributed by atoms with E-state index in [0.717, 1.165) is 0 Å². The summed E-state index contributed by atoms with van der Waals surface area (Å²) >= 11 is 0. The lowest BCUT2D eigenvalue weighted by Crippen LogP contribution is -2.04. The first-order chi connectivity index (χ1) is 10.1. The summed E-state index contributed by atoms with van der Waals surface area (Å²) in [5, 5.41) is 13.6. The first kappa shape index (κ1) is 14.5. The molecule has 2 aromatic rings. The zero-order valence-corrected chi connectivity index (χ0v) is 11.2. The van der Waals surface area contributed by atoms with Crippen LogP contribution in [0.2, 0.25) is 0 Å². The van der Waals surface area contributed by atoms with Gasteiger partial charge in [-0.1, -0.05) is 0 Å². The molecule has 0 saturated heterocycles. The average Bonchev–Trinajstić information content (AvgIpc) is 2.94. The number of esters is 1. The molecular formula is C13H13N3O5. The predicted octanol–water partition coefficient (Wildman–Crippen LogP) is 2.37. The molecule has 0 saturated carbocycles. The molecule has 0 aliphatic carbocycles. The standard InChI is InChI=1S/C13H13N3O5/c1-2-20-13(17)11-6-5-9(21-11)8-15-12-10(16(18)19)4-3-7-14-12/h3-7H,2,8H2,1H3,(H,14,15). The third kappa shape index (κ3) is 3.56. The summed E-state index contributed by atoms with van der Waals surface area (Å²) in [4.78, 5) is 25.7. The zero-order valence-electron chi connectivity index (χ0n) is 11.2. The van der Waals surface area contributed by atoms with Gasteiger partial charge in [0.15, 0.2) is 0 Å². The van der Waals surface area contributed by atoms with Crippen LogP contribution in [0.1, 0.15) is 23.2 Å². The van der Waals surface area contributed by atoms with Crippen molar-refractivity contribution in [2.75, 3.05) is 11.9 Å². The number of nitrogens with one attached hydrogen (secondary N) is 1. The quantitative estimate of drug-likeness (QED) is 0.494. The Kier molecular flexibility index (Phi) is 4.50. The smallest absolute Gasteiger partial charge is 0.374 e. The van der Waals surface area contributed by atoms with E-state index in [4.69, 9.17) is 9.15 Å². The topological polar surface area (TPSA) is 108 Å². The van der Waals surface area contributed by atoms with Crippen molar-refractivity contribution in [1.29, 1.82) is 0 Å². The van der Waals surface area contributed by atoms with Gasteiger partial charge >= 0.3 is 11.7 Å². The number of pyridine rings is 1. The minimum absolute atomic E-state index is 0.0872. The van der Waals surface area contributed by atoms with E-state index in [1.807, 2.05) is 0 Å². The molecule has 0 atom stereocenters. The van der Waals surface area contributed by atoms with Crippen LogP contribution >= 0.6 is 0 Å². The minimum Gasteiger partial charge on any atom is -0.460 e. The highest BCUT2D eigenvalue weighted by atomic mass is 16.6. The molecule has 0 unspecified atom stereocenters. The molecule has 0 amide bonds. The van der Waals surface area contributed by atoms with Crippen molar-refractivity contribution in [2.24, 2.45) is 0 Å². The van der Waals surface area contributed by atoms with Crippen LogP contribution in [0.5, 0.6) is 0 Å². The molecule has 0 aliphatic heterocycles. The Morgan fingerprint density at radius 3 is 3.00 bits per heavy atom. The Bertz CT molecular complexity index is 653. The van der Waals surface area contributed by atoms with Gasteiger partial charge in [-0.15, -0.1) is 0 Å². The van der Waals surface area contributed by atoms with Crippen LogP contribution in [0.15, 0.2) is 34.9 Å². The molecule has 8 nitrogen and oxygen atoms in total. The number of rotatable bonds is 6. The number of carbonyl (C=O) groups is 1. The van der Waals surface area contributed by atoms with Gasteiger partial charge in [0.05, 0.1) is 18.1 Å². The molecule has 110 valence electrons. The van der Waals surface area contributed by atoms with Crippen molar-refractivity contribution in [3.05, 3.63) is 52.1 Å². The molecule has 21 heavy (non-hydrogen) atoms. The number of aromatic nitrogens is 1. The lowest BCUT2D eigenvalue weighted by Gasteiger charge is -2.03. The third-order valence-electron chi connectivity index (χ3n) is 2.55. The molecule has 1 N–H and O–H groups in total. The monoisotopic (exact) mass is 291 g/mol. The van der Waals surface area contributed by atoms with E-state index in [0.29, 0.717) is 5.76 Å². The van der Waals surface area contributed by atoms with E-state index in [-0.39, 0.29) is 30.4 Å². The van der Waals surface area contributed by atoms with Crippen LogP contribution in [0, 0.1) is 10.1 Å². The number of hydrogen-bond donors (Lipinski definition) is 1. The van der Waals surface area contributed by atoms with E-state index in [2.05, 4.69) is 10.3 Å². The molecular weight excluding hydrogens is 278 g/mol. The Balaban J connectivity index is 2.04. The number of furan rings is 1. The van der Waals surface area contributed by atoms with Gasteiger partial charge in [0, 0.05) is 12.3 Å². The second kappa shape index (κ2) is 6.51. The average molecular weight is 291 g/mol. The zero-order chi connectivity index (χ0) is 15.2. The number of nitrogens with zero attached hydrogens (tertiary/aromatic N) is 2. The molecule has 0 fully saturated rings. The molecule has 0 aromatic carbocycles. The van der Waals surface area contributed by atoms with Gasteiger partial charge in [0.25, 0.3) is 0 Å². The summed E-state index contributed by atoms with van der Waals surface area (Å²) in [6.07, 6.45) is 1.45. The Labute approximate surface area is 119 Å². The number of anilines is 1. The summed E-state index contributed by atoms with van der Waals surface area (Å²) in [5.74, 6) is 0.117. The fourth-order valence-electron chi connectivity index (χ4n) is 1.64. The van der Waals surface area contributed by atoms with Crippen LogP contribution < -0.4 is 5.32 Å². The fourth-order valence-corrected chi connectivity index (χ4v) is 1.64. The SMILES string of the molecule is CCOC(=O)c1ccc(CNc2ncccc2[N+](=O)[O-])o1. The third-order valence-corrected chi connectivity index (χ3v) is 2.55. The summed E-state index contributed by atoms with van der Waals surface area (Å²) in [7, 11) is 0. The number of ether oxygens (including phenoxy) is 1. The van der Waals surface area contributed by atoms with Crippen LogP contribution in [0.3, 0.4) is 0 Å². The highest BCUT2D eigenvalue weighted by Gasteiger charge is 2.15. The molecule has 0 bridgehead atoms. The molecule has 2 heterocycles. The van der Waals surface area contributed by atoms with Gasteiger partial charge in [0.2, 0.25) is 11.6 Å². The van der Waals surface area contributed by atoms with Gasteiger partial charge < -0.3 is 14.5 Å². The molecule has 2 aromatic heterocycles. The van der Waals surface area contributed by atoms with Crippen molar-refractivity contribution in [3.8, 4) is 0 Å². The summed E-state index contributed by atoms with van der Waals surface area (Å²) in [6, 6.07) is 5.91. The number of carbonyl (C=O) groups excluding carboxylic acids is 1. The van der Waals surface area contributed by atoms with Gasteiger partial charge in [0.1, 0.15) is 5.76 Å². The van der Waals surface area contributed by atoms with E-state index < -0.39 is 10.9 Å². The first-order valence-electron chi connectivity index (χ1n) is 6.21. The highest BCUT2D eigenvalue weighted by molar-refractivity contribution is 5.86. The lowest BCUT2D eigenvalue weighted by atomic mass is 10.3. The lowest BCUT2D eigenvalue weighted by molar-refractivity contribution is -0.384. The molecule has 0 radical (unpaired) electrons. The molecule has 0 aliphatic rings. The Morgan fingerprint density at radius 2 is 2.29 bits per heavy atom. The molecule has 0 spiro atoms. The maximum Gasteiger partial charge on any atom is 0.374 e. The van der Waals surface area contributed by atoms with Crippen LogP contribution in [0.4, 0.5) is 11.5 Å². The predicted molar refractivity (Wildman–Crippen MR) is 72.9 cm³/mol. The largest absolute Gasteiger partial charge is 0.460 e.